The Bertz CT molecular complexity index is 1660. The maximum absolute atomic E-state index is 12.1. The van der Waals surface area contributed by atoms with E-state index >= 15 is 0 Å². The largest absolute Gasteiger partial charge is 0.354 e. The molecule has 0 spiro atoms. The molecule has 3 aliphatic rings. The fourth-order valence-corrected chi connectivity index (χ4v) is 5.11. The molecule has 2 heterocycles. The highest BCUT2D eigenvalue weighted by Gasteiger charge is 2.20. The van der Waals surface area contributed by atoms with Gasteiger partial charge in [0.15, 0.2) is 0 Å². The zero-order valence-corrected chi connectivity index (χ0v) is 22.1. The standard InChI is InChI=1S/C30H25Cl2N5O/c31-20-7-11-22(12-8-20)34-26-18-27-29(19-25(26)33-15-17-36-16-3-6-30(36)38)37(23-13-9-21(32)10-14-23)28-5-2-1-4-24(28)35-27/h1-2,4-5,7-14,18-19,34H,3,6,15-17H2. The Morgan fingerprint density at radius 2 is 1.66 bits per heavy atom. The van der Waals surface area contributed by atoms with Crippen molar-refractivity contribution in [3.8, 4) is 17.1 Å². The van der Waals surface area contributed by atoms with Crippen molar-refractivity contribution >= 4 is 51.5 Å². The number of amides is 1. The Balaban J connectivity index is 1.53. The smallest absolute Gasteiger partial charge is 0.222 e. The molecule has 0 aromatic heterocycles. The van der Waals surface area contributed by atoms with Gasteiger partial charge in [-0.25, -0.2) is 4.98 Å². The summed E-state index contributed by atoms with van der Waals surface area (Å²) >= 11 is 12.3. The van der Waals surface area contributed by atoms with Crippen LogP contribution in [0.15, 0.2) is 89.9 Å². The van der Waals surface area contributed by atoms with Crippen LogP contribution in [-0.2, 0) is 4.79 Å². The first-order valence-corrected chi connectivity index (χ1v) is 13.3. The van der Waals surface area contributed by atoms with E-state index in [4.69, 9.17) is 33.2 Å². The molecule has 1 fully saturated rings. The molecule has 2 aliphatic heterocycles. The van der Waals surface area contributed by atoms with E-state index in [1.165, 1.54) is 0 Å². The molecule has 3 aromatic carbocycles. The summed E-state index contributed by atoms with van der Waals surface area (Å²) in [5.74, 6) is 0.203. The molecule has 38 heavy (non-hydrogen) atoms. The van der Waals surface area contributed by atoms with E-state index in [9.17, 15) is 4.79 Å². The molecule has 1 N–H and O–H groups in total. The lowest BCUT2D eigenvalue weighted by atomic mass is 10.1. The summed E-state index contributed by atoms with van der Waals surface area (Å²) in [5, 5.41) is 5.64. The quantitative estimate of drug-likeness (QED) is 0.243. The van der Waals surface area contributed by atoms with Crippen LogP contribution in [-0.4, -0.2) is 40.0 Å². The van der Waals surface area contributed by atoms with Gasteiger partial charge in [-0.1, -0.05) is 35.3 Å². The molecule has 1 saturated heterocycles. The van der Waals surface area contributed by atoms with Crippen LogP contribution < -0.4 is 10.7 Å². The van der Waals surface area contributed by atoms with E-state index in [2.05, 4.69) is 22.0 Å². The van der Waals surface area contributed by atoms with Crippen molar-refractivity contribution in [1.82, 2.24) is 14.5 Å². The molecule has 1 aliphatic carbocycles. The third-order valence-corrected chi connectivity index (χ3v) is 7.23. The molecule has 0 unspecified atom stereocenters. The molecule has 3 aromatic rings. The fourth-order valence-electron chi connectivity index (χ4n) is 4.86. The van der Waals surface area contributed by atoms with Crippen LogP contribution in [0, 0.1) is 0 Å². The normalized spacial score (nSPS) is 14.1. The summed E-state index contributed by atoms with van der Waals surface area (Å²) in [6.07, 6.45) is 1.54. The first-order chi connectivity index (χ1) is 18.5. The molecule has 6 rings (SSSR count). The van der Waals surface area contributed by atoms with E-state index in [0.717, 1.165) is 57.8 Å². The van der Waals surface area contributed by atoms with Gasteiger partial charge < -0.3 is 14.8 Å². The van der Waals surface area contributed by atoms with Crippen LogP contribution in [0.1, 0.15) is 12.8 Å². The monoisotopic (exact) mass is 541 g/mol. The summed E-state index contributed by atoms with van der Waals surface area (Å²) in [6, 6.07) is 27.5. The number of nitrogens with one attached hydrogen (secondary N) is 1. The number of nitrogens with zero attached hydrogens (tertiary/aromatic N) is 4. The van der Waals surface area contributed by atoms with Crippen molar-refractivity contribution in [2.24, 2.45) is 4.99 Å². The molecule has 0 atom stereocenters. The van der Waals surface area contributed by atoms with Crippen LogP contribution in [0.3, 0.4) is 0 Å². The maximum atomic E-state index is 12.1. The molecule has 0 saturated carbocycles. The van der Waals surface area contributed by atoms with Gasteiger partial charge >= 0.3 is 0 Å². The Hall–Kier alpha value is -3.87. The summed E-state index contributed by atoms with van der Waals surface area (Å²) in [6.45, 7) is 1.91. The van der Waals surface area contributed by atoms with Crippen LogP contribution >= 0.6 is 23.2 Å². The van der Waals surface area contributed by atoms with Crippen molar-refractivity contribution < 1.29 is 4.79 Å². The number of fused-ring (bicyclic) bond motifs is 2. The Labute approximate surface area is 230 Å². The van der Waals surface area contributed by atoms with Gasteiger partial charge in [0.1, 0.15) is 0 Å². The van der Waals surface area contributed by atoms with E-state index < -0.39 is 0 Å². The first-order valence-electron chi connectivity index (χ1n) is 12.6. The average molecular weight is 542 g/mol. The van der Waals surface area contributed by atoms with E-state index in [-0.39, 0.29) is 5.91 Å². The third-order valence-electron chi connectivity index (χ3n) is 6.73. The third kappa shape index (κ3) is 4.97. The number of anilines is 2. The summed E-state index contributed by atoms with van der Waals surface area (Å²) in [7, 11) is 0. The molecule has 0 radical (unpaired) electrons. The van der Waals surface area contributed by atoms with E-state index in [0.29, 0.717) is 29.6 Å². The predicted molar refractivity (Wildman–Crippen MR) is 154 cm³/mol. The first kappa shape index (κ1) is 24.5. The van der Waals surface area contributed by atoms with E-state index in [1.807, 2.05) is 77.7 Å². The lowest BCUT2D eigenvalue weighted by Gasteiger charge is -2.20. The van der Waals surface area contributed by atoms with Crippen molar-refractivity contribution in [3.05, 3.63) is 100 Å². The zero-order chi connectivity index (χ0) is 26.1. The SMILES string of the molecule is O=C1CCCN1CCN=c1cc2n(-c3ccc(Cl)cc3)c3ccccc3nc-2cc1Nc1ccc(Cl)cc1. The molecule has 0 bridgehead atoms. The Kier molecular flexibility index (Phi) is 6.75. The Morgan fingerprint density at radius 3 is 2.39 bits per heavy atom. The van der Waals surface area contributed by atoms with Crippen molar-refractivity contribution in [2.75, 3.05) is 25.0 Å². The molecular formula is C30H25Cl2N5O. The summed E-state index contributed by atoms with van der Waals surface area (Å²) in [5.41, 5.74) is 6.31. The van der Waals surface area contributed by atoms with E-state index in [1.54, 1.807) is 0 Å². The van der Waals surface area contributed by atoms with Gasteiger partial charge in [0.25, 0.3) is 0 Å². The highest BCUT2D eigenvalue weighted by atomic mass is 35.5. The number of benzene rings is 4. The number of likely N-dealkylation sites (tertiary alicyclic amines) is 1. The lowest BCUT2D eigenvalue weighted by Crippen LogP contribution is -2.28. The van der Waals surface area contributed by atoms with Crippen LogP contribution in [0.2, 0.25) is 10.0 Å². The Morgan fingerprint density at radius 1 is 0.921 bits per heavy atom. The van der Waals surface area contributed by atoms with Crippen LogP contribution in [0.5, 0.6) is 0 Å². The molecule has 190 valence electrons. The van der Waals surface area contributed by atoms with Gasteiger partial charge in [-0.2, -0.15) is 0 Å². The number of hydrogen-bond acceptors (Lipinski definition) is 4. The predicted octanol–water partition coefficient (Wildman–Crippen LogP) is 6.70. The van der Waals surface area contributed by atoms with Crippen molar-refractivity contribution in [3.63, 3.8) is 0 Å². The summed E-state index contributed by atoms with van der Waals surface area (Å²) < 4.78 is 2.18. The average Bonchev–Trinajstić information content (AvgIpc) is 3.34. The summed E-state index contributed by atoms with van der Waals surface area (Å²) in [4.78, 5) is 23.9. The van der Waals surface area contributed by atoms with Crippen LogP contribution in [0.4, 0.5) is 11.4 Å². The minimum Gasteiger partial charge on any atom is -0.354 e. The van der Waals surface area contributed by atoms with Crippen molar-refractivity contribution in [1.29, 1.82) is 0 Å². The number of aromatic nitrogens is 2. The lowest BCUT2D eigenvalue weighted by molar-refractivity contribution is -0.127. The maximum Gasteiger partial charge on any atom is 0.222 e. The second-order valence-corrected chi connectivity index (χ2v) is 10.1. The number of rotatable bonds is 6. The molecular weight excluding hydrogens is 517 g/mol. The number of halogens is 2. The molecule has 6 nitrogen and oxygen atoms in total. The zero-order valence-electron chi connectivity index (χ0n) is 20.6. The molecule has 1 amide bonds. The topological polar surface area (TPSA) is 62.5 Å². The van der Waals surface area contributed by atoms with Gasteiger partial charge in [-0.15, -0.1) is 0 Å². The number of hydrogen-bond donors (Lipinski definition) is 1. The number of para-hydroxylation sites is 2. The van der Waals surface area contributed by atoms with Crippen LogP contribution in [0.25, 0.3) is 28.1 Å². The van der Waals surface area contributed by atoms with Gasteiger partial charge in [0.2, 0.25) is 5.91 Å². The van der Waals surface area contributed by atoms with Gasteiger partial charge in [-0.05, 0) is 79.2 Å². The van der Waals surface area contributed by atoms with Gasteiger partial charge in [0.05, 0.1) is 40.0 Å². The number of carbonyl (C=O) groups is 1. The van der Waals surface area contributed by atoms with Gasteiger partial charge in [-0.3, -0.25) is 9.79 Å². The molecule has 8 heteroatoms. The highest BCUT2D eigenvalue weighted by molar-refractivity contribution is 6.30. The minimum atomic E-state index is 0.203. The minimum absolute atomic E-state index is 0.203. The van der Waals surface area contributed by atoms with Crippen molar-refractivity contribution in [2.45, 2.75) is 12.8 Å². The fraction of sp³-hybridized carbons (Fsp3) is 0.167. The number of carbonyl (C=O) groups excluding carboxylic acids is 1. The highest BCUT2D eigenvalue weighted by Crippen LogP contribution is 2.31. The van der Waals surface area contributed by atoms with Gasteiger partial charge in [0, 0.05) is 40.9 Å². The second-order valence-electron chi connectivity index (χ2n) is 9.27. The second kappa shape index (κ2) is 10.5.